The van der Waals surface area contributed by atoms with E-state index in [4.69, 9.17) is 5.84 Å². The van der Waals surface area contributed by atoms with Crippen LogP contribution in [0.5, 0.6) is 11.5 Å². The van der Waals surface area contributed by atoms with E-state index in [0.29, 0.717) is 5.56 Å². The highest BCUT2D eigenvalue weighted by atomic mass is 16.3. The Balaban J connectivity index is 2.24. The van der Waals surface area contributed by atoms with Crippen molar-refractivity contribution in [2.45, 2.75) is 13.8 Å². The number of carbonyl (C=O) groups excluding carboxylic acids is 1. The first kappa shape index (κ1) is 15.6. The Morgan fingerprint density at radius 1 is 1.04 bits per heavy atom. The summed E-state index contributed by atoms with van der Waals surface area (Å²) in [5, 5.41) is 19.2. The van der Waals surface area contributed by atoms with E-state index < -0.39 is 22.7 Å². The smallest absolute Gasteiger partial charge is 0.200 e. The molecule has 0 aliphatic heterocycles. The molecule has 0 radical (unpaired) electrons. The number of ketones is 1. The predicted octanol–water partition coefficient (Wildman–Crippen LogP) is 1.97. The van der Waals surface area contributed by atoms with Crippen LogP contribution in [0, 0.1) is 13.8 Å². The summed E-state index contributed by atoms with van der Waals surface area (Å²) >= 11 is 0. The molecule has 6 nitrogen and oxygen atoms in total. The van der Waals surface area contributed by atoms with Crippen molar-refractivity contribution in [3.05, 3.63) is 69.0 Å². The lowest BCUT2D eigenvalue weighted by Crippen LogP contribution is -2.22. The number of aromatic nitrogens is 1. The van der Waals surface area contributed by atoms with Gasteiger partial charge in [0.25, 0.3) is 0 Å². The fraction of sp³-hybridized carbons (Fsp3) is 0.111. The molecule has 2 aromatic carbocycles. The van der Waals surface area contributed by atoms with Gasteiger partial charge in [-0.2, -0.15) is 0 Å². The number of rotatable bonds is 2. The molecule has 3 rings (SSSR count). The summed E-state index contributed by atoms with van der Waals surface area (Å²) in [5.74, 6) is 4.56. The Bertz CT molecular complexity index is 1050. The summed E-state index contributed by atoms with van der Waals surface area (Å²) in [4.78, 5) is 25.3. The molecule has 1 heterocycles. The van der Waals surface area contributed by atoms with Crippen LogP contribution in [0.25, 0.3) is 10.9 Å². The van der Waals surface area contributed by atoms with Gasteiger partial charge in [0.2, 0.25) is 5.43 Å². The molecule has 0 atom stereocenters. The van der Waals surface area contributed by atoms with Crippen molar-refractivity contribution >= 4 is 16.7 Å². The number of benzene rings is 2. The molecule has 4 N–H and O–H groups in total. The SMILES string of the molecule is Cc1ccc(C(=O)c2cn(N)c3cc(O)c(O)cc3c2=O)cc1C. The molecule has 3 aromatic rings. The topological polar surface area (TPSA) is 106 Å². The van der Waals surface area contributed by atoms with Crippen LogP contribution in [-0.4, -0.2) is 20.7 Å². The maximum atomic E-state index is 12.7. The third-order valence-electron chi connectivity index (χ3n) is 4.14. The summed E-state index contributed by atoms with van der Waals surface area (Å²) < 4.78 is 1.09. The van der Waals surface area contributed by atoms with Gasteiger partial charge in [0.15, 0.2) is 17.3 Å². The van der Waals surface area contributed by atoms with Gasteiger partial charge in [0.05, 0.1) is 16.5 Å². The van der Waals surface area contributed by atoms with E-state index in [2.05, 4.69) is 0 Å². The van der Waals surface area contributed by atoms with Gasteiger partial charge in [0, 0.05) is 17.8 Å². The molecule has 0 aliphatic rings. The van der Waals surface area contributed by atoms with Gasteiger partial charge in [-0.25, -0.2) is 0 Å². The molecule has 0 fully saturated rings. The van der Waals surface area contributed by atoms with Gasteiger partial charge < -0.3 is 16.1 Å². The Kier molecular flexibility index (Phi) is 3.52. The number of nitrogens with zero attached hydrogens (tertiary/aromatic N) is 1. The van der Waals surface area contributed by atoms with Gasteiger partial charge in [0.1, 0.15) is 0 Å². The van der Waals surface area contributed by atoms with Crippen molar-refractivity contribution in [1.29, 1.82) is 0 Å². The van der Waals surface area contributed by atoms with Crippen molar-refractivity contribution in [2.75, 3.05) is 5.84 Å². The second kappa shape index (κ2) is 5.42. The van der Waals surface area contributed by atoms with Crippen LogP contribution in [0.1, 0.15) is 27.0 Å². The molecule has 6 heteroatoms. The zero-order valence-corrected chi connectivity index (χ0v) is 13.2. The summed E-state index contributed by atoms with van der Waals surface area (Å²) in [5.41, 5.74) is 1.94. The molecular formula is C18H16N2O4. The van der Waals surface area contributed by atoms with E-state index in [0.717, 1.165) is 21.9 Å². The first-order valence-corrected chi connectivity index (χ1v) is 7.28. The average Bonchev–Trinajstić information content (AvgIpc) is 2.54. The molecule has 0 saturated carbocycles. The van der Waals surface area contributed by atoms with Crippen LogP contribution in [0.3, 0.4) is 0 Å². The fourth-order valence-corrected chi connectivity index (χ4v) is 2.57. The highest BCUT2D eigenvalue weighted by Gasteiger charge is 2.18. The minimum absolute atomic E-state index is 0.0579. The van der Waals surface area contributed by atoms with E-state index in [-0.39, 0.29) is 16.5 Å². The third-order valence-corrected chi connectivity index (χ3v) is 4.14. The number of nitrogen functional groups attached to an aromatic ring is 1. The fourth-order valence-electron chi connectivity index (χ4n) is 2.57. The quantitative estimate of drug-likeness (QED) is 0.380. The van der Waals surface area contributed by atoms with Crippen molar-refractivity contribution in [3.8, 4) is 11.5 Å². The summed E-state index contributed by atoms with van der Waals surface area (Å²) in [7, 11) is 0. The molecule has 0 spiro atoms. The standard InChI is InChI=1S/C18H16N2O4/c1-9-3-4-11(5-10(9)2)17(23)13-8-20(19)14-7-16(22)15(21)6-12(14)18(13)24/h3-8,21-22H,19H2,1-2H3. The first-order chi connectivity index (χ1) is 11.3. The second-order valence-corrected chi connectivity index (χ2v) is 5.77. The van der Waals surface area contributed by atoms with Gasteiger partial charge in [-0.1, -0.05) is 12.1 Å². The van der Waals surface area contributed by atoms with Crippen molar-refractivity contribution < 1.29 is 15.0 Å². The lowest BCUT2D eigenvalue weighted by molar-refractivity contribution is 0.103. The van der Waals surface area contributed by atoms with E-state index in [1.165, 1.54) is 12.3 Å². The second-order valence-electron chi connectivity index (χ2n) is 5.77. The Labute approximate surface area is 137 Å². The molecule has 0 aliphatic carbocycles. The summed E-state index contributed by atoms with van der Waals surface area (Å²) in [6, 6.07) is 7.47. The molecular weight excluding hydrogens is 308 g/mol. The average molecular weight is 324 g/mol. The highest BCUT2D eigenvalue weighted by Crippen LogP contribution is 2.28. The molecule has 1 aromatic heterocycles. The van der Waals surface area contributed by atoms with Gasteiger partial charge in [-0.3, -0.25) is 14.3 Å². The molecule has 0 bridgehead atoms. The molecule has 0 amide bonds. The minimum atomic E-state index is -0.551. The number of fused-ring (bicyclic) bond motifs is 1. The lowest BCUT2D eigenvalue weighted by atomic mass is 9.99. The molecule has 0 saturated heterocycles. The largest absolute Gasteiger partial charge is 0.504 e. The Morgan fingerprint density at radius 3 is 2.38 bits per heavy atom. The number of pyridine rings is 1. The molecule has 24 heavy (non-hydrogen) atoms. The van der Waals surface area contributed by atoms with Crippen molar-refractivity contribution in [2.24, 2.45) is 0 Å². The monoisotopic (exact) mass is 324 g/mol. The van der Waals surface area contributed by atoms with E-state index >= 15 is 0 Å². The highest BCUT2D eigenvalue weighted by molar-refractivity contribution is 6.10. The number of aryl methyl sites for hydroxylation is 2. The van der Waals surface area contributed by atoms with Crippen molar-refractivity contribution in [1.82, 2.24) is 4.68 Å². The number of nitrogens with two attached hydrogens (primary N) is 1. The van der Waals surface area contributed by atoms with E-state index in [1.807, 2.05) is 19.9 Å². The van der Waals surface area contributed by atoms with Crippen LogP contribution in [-0.2, 0) is 0 Å². The summed E-state index contributed by atoms with van der Waals surface area (Å²) in [6.07, 6.45) is 1.23. The maximum absolute atomic E-state index is 12.7. The Morgan fingerprint density at radius 2 is 1.71 bits per heavy atom. The first-order valence-electron chi connectivity index (χ1n) is 7.28. The minimum Gasteiger partial charge on any atom is -0.504 e. The van der Waals surface area contributed by atoms with Gasteiger partial charge in [-0.05, 0) is 37.1 Å². The number of hydrogen-bond donors (Lipinski definition) is 3. The lowest BCUT2D eigenvalue weighted by Gasteiger charge is -2.10. The Hall–Kier alpha value is -3.28. The number of carbonyl (C=O) groups is 1. The van der Waals surface area contributed by atoms with Crippen LogP contribution in [0.15, 0.2) is 41.3 Å². The number of phenols is 2. The van der Waals surface area contributed by atoms with Crippen LogP contribution >= 0.6 is 0 Å². The zero-order valence-electron chi connectivity index (χ0n) is 13.2. The summed E-state index contributed by atoms with van der Waals surface area (Å²) in [6.45, 7) is 3.82. The number of hydrogen-bond acceptors (Lipinski definition) is 5. The number of aromatic hydroxyl groups is 2. The van der Waals surface area contributed by atoms with E-state index in [1.54, 1.807) is 12.1 Å². The van der Waals surface area contributed by atoms with Crippen LogP contribution < -0.4 is 11.3 Å². The van der Waals surface area contributed by atoms with Gasteiger partial charge >= 0.3 is 0 Å². The van der Waals surface area contributed by atoms with Crippen LogP contribution in [0.2, 0.25) is 0 Å². The molecule has 122 valence electrons. The van der Waals surface area contributed by atoms with Crippen molar-refractivity contribution in [3.63, 3.8) is 0 Å². The zero-order chi connectivity index (χ0) is 17.6. The van der Waals surface area contributed by atoms with Gasteiger partial charge in [-0.15, -0.1) is 0 Å². The van der Waals surface area contributed by atoms with E-state index in [9.17, 15) is 19.8 Å². The normalized spacial score (nSPS) is 10.9. The maximum Gasteiger partial charge on any atom is 0.200 e. The van der Waals surface area contributed by atoms with Crippen LogP contribution in [0.4, 0.5) is 0 Å². The molecule has 0 unspecified atom stereocenters. The third kappa shape index (κ3) is 2.38. The number of phenolic OH excluding ortho intramolecular Hbond substituents is 2. The predicted molar refractivity (Wildman–Crippen MR) is 91.0 cm³/mol.